The van der Waals surface area contributed by atoms with E-state index in [0.29, 0.717) is 19.3 Å². The van der Waals surface area contributed by atoms with E-state index in [1.54, 1.807) is 24.2 Å². The van der Waals surface area contributed by atoms with Gasteiger partial charge < -0.3 is 9.47 Å². The molecule has 0 unspecified atom stereocenters. The summed E-state index contributed by atoms with van der Waals surface area (Å²) in [6, 6.07) is 10.5. The van der Waals surface area contributed by atoms with E-state index < -0.39 is 0 Å². The van der Waals surface area contributed by atoms with E-state index in [0.717, 1.165) is 39.5 Å². The lowest BCUT2D eigenvalue weighted by Gasteiger charge is -2.19. The van der Waals surface area contributed by atoms with Crippen LogP contribution in [0.2, 0.25) is 0 Å². The number of fused-ring (bicyclic) bond motifs is 2. The van der Waals surface area contributed by atoms with Gasteiger partial charge in [-0.15, -0.1) is 22.0 Å². The maximum Gasteiger partial charge on any atom is 0.191 e. The summed E-state index contributed by atoms with van der Waals surface area (Å²) in [4.78, 5) is 5.28. The normalized spacial score (nSPS) is 17.9. The topological polar surface area (TPSA) is 62.1 Å². The Labute approximate surface area is 159 Å². The average Bonchev–Trinajstić information content (AvgIpc) is 3.29. The molecule has 0 fully saturated rings. The van der Waals surface area contributed by atoms with E-state index >= 15 is 0 Å². The minimum absolute atomic E-state index is 0.353. The van der Waals surface area contributed by atoms with Gasteiger partial charge in [0.1, 0.15) is 13.2 Å². The largest absolute Gasteiger partial charge is 0.486 e. The zero-order valence-electron chi connectivity index (χ0n) is 13.9. The van der Waals surface area contributed by atoms with Crippen molar-refractivity contribution in [2.45, 2.75) is 16.1 Å². The van der Waals surface area contributed by atoms with Crippen molar-refractivity contribution in [2.75, 3.05) is 24.7 Å². The minimum atomic E-state index is 0.353. The van der Waals surface area contributed by atoms with Crippen molar-refractivity contribution in [1.82, 2.24) is 19.7 Å². The van der Waals surface area contributed by atoms with Crippen LogP contribution in [-0.4, -0.2) is 44.5 Å². The fourth-order valence-electron chi connectivity index (χ4n) is 3.08. The highest BCUT2D eigenvalue weighted by Gasteiger charge is 2.28. The maximum absolute atomic E-state index is 5.68. The first-order valence-corrected chi connectivity index (χ1v) is 10.4. The summed E-state index contributed by atoms with van der Waals surface area (Å²) in [6.07, 6.45) is 3.58. The summed E-state index contributed by atoms with van der Waals surface area (Å²) >= 11 is 3.59. The Bertz CT molecular complexity index is 932. The van der Waals surface area contributed by atoms with Crippen molar-refractivity contribution >= 4 is 23.5 Å². The van der Waals surface area contributed by atoms with Gasteiger partial charge in [-0.2, -0.15) is 0 Å². The smallest absolute Gasteiger partial charge is 0.191 e. The van der Waals surface area contributed by atoms with E-state index in [9.17, 15) is 0 Å². The number of aromatic nitrogens is 4. The van der Waals surface area contributed by atoms with Crippen LogP contribution in [0.15, 0.2) is 52.8 Å². The molecule has 2 aromatic heterocycles. The van der Waals surface area contributed by atoms with Crippen molar-refractivity contribution in [3.05, 3.63) is 42.7 Å². The van der Waals surface area contributed by atoms with Gasteiger partial charge >= 0.3 is 0 Å². The van der Waals surface area contributed by atoms with Crippen LogP contribution in [0.25, 0.3) is 11.4 Å². The van der Waals surface area contributed by atoms with E-state index in [4.69, 9.17) is 9.47 Å². The van der Waals surface area contributed by atoms with Crippen molar-refractivity contribution < 1.29 is 9.47 Å². The first-order valence-electron chi connectivity index (χ1n) is 8.39. The van der Waals surface area contributed by atoms with Crippen LogP contribution in [0, 0.1) is 0 Å². The van der Waals surface area contributed by atoms with Crippen LogP contribution >= 0.6 is 23.5 Å². The number of rotatable bonds is 4. The number of benzene rings is 1. The van der Waals surface area contributed by atoms with Gasteiger partial charge in [0.25, 0.3) is 0 Å². The van der Waals surface area contributed by atoms with Crippen LogP contribution in [0.5, 0.6) is 11.5 Å². The minimum Gasteiger partial charge on any atom is -0.486 e. The third-order valence-electron chi connectivity index (χ3n) is 4.33. The second-order valence-corrected chi connectivity index (χ2v) is 8.07. The number of nitrogens with zero attached hydrogens (tertiary/aromatic N) is 4. The molecule has 0 amide bonds. The first kappa shape index (κ1) is 16.0. The first-order chi connectivity index (χ1) is 12.9. The highest BCUT2D eigenvalue weighted by Crippen LogP contribution is 2.40. The van der Waals surface area contributed by atoms with Crippen molar-refractivity contribution in [2.24, 2.45) is 0 Å². The molecular weight excluding hydrogens is 368 g/mol. The standard InChI is InChI=1S/C18H16N4O2S2/c1-2-15-16(24-8-7-23-15)9-14(1)25-10-13-11-26-18-21-20-17(22(13)18)12-3-5-19-6-4-12/h1-6,9,13H,7-8,10-11H2/t13-/m0/s1. The monoisotopic (exact) mass is 384 g/mol. The molecule has 0 spiro atoms. The van der Waals surface area contributed by atoms with Gasteiger partial charge in [-0.3, -0.25) is 9.55 Å². The summed E-state index contributed by atoms with van der Waals surface area (Å²) in [5.74, 6) is 4.55. The molecule has 6 nitrogen and oxygen atoms in total. The van der Waals surface area contributed by atoms with E-state index in [-0.39, 0.29) is 0 Å². The zero-order valence-corrected chi connectivity index (χ0v) is 15.5. The average molecular weight is 384 g/mol. The Balaban J connectivity index is 1.35. The summed E-state index contributed by atoms with van der Waals surface area (Å²) < 4.78 is 13.5. The SMILES string of the molecule is c1cc(-c2nnc3n2[C@@H](CSc2ccc4c(c2)OCCO4)CS3)ccn1. The molecule has 2 aliphatic rings. The molecule has 2 aliphatic heterocycles. The number of pyridine rings is 1. The third-order valence-corrected chi connectivity index (χ3v) is 6.56. The second-order valence-electron chi connectivity index (χ2n) is 5.99. The molecule has 8 heteroatoms. The molecule has 0 saturated carbocycles. The highest BCUT2D eigenvalue weighted by atomic mass is 32.2. The zero-order chi connectivity index (χ0) is 17.3. The Morgan fingerprint density at radius 2 is 1.92 bits per heavy atom. The molecule has 0 bridgehead atoms. The van der Waals surface area contributed by atoms with Crippen molar-refractivity contribution in [3.8, 4) is 22.9 Å². The molecular formula is C18H16N4O2S2. The van der Waals surface area contributed by atoms with Crippen LogP contribution in [0.4, 0.5) is 0 Å². The van der Waals surface area contributed by atoms with E-state index in [2.05, 4.69) is 31.9 Å². The quantitative estimate of drug-likeness (QED) is 0.638. The Kier molecular flexibility index (Phi) is 4.22. The fraction of sp³-hybridized carbons (Fsp3) is 0.278. The molecule has 0 N–H and O–H groups in total. The number of thioether (sulfide) groups is 2. The molecule has 5 rings (SSSR count). The Morgan fingerprint density at radius 3 is 2.81 bits per heavy atom. The molecule has 132 valence electrons. The van der Waals surface area contributed by atoms with Crippen LogP contribution in [0.3, 0.4) is 0 Å². The van der Waals surface area contributed by atoms with Gasteiger partial charge in [0.15, 0.2) is 22.5 Å². The molecule has 1 aromatic carbocycles. The molecule has 3 aromatic rings. The second kappa shape index (κ2) is 6.85. The molecule has 0 radical (unpaired) electrons. The van der Waals surface area contributed by atoms with Gasteiger partial charge in [-0.1, -0.05) is 11.8 Å². The molecule has 0 aliphatic carbocycles. The van der Waals surface area contributed by atoms with Crippen LogP contribution in [0.1, 0.15) is 6.04 Å². The predicted octanol–water partition coefficient (Wildman–Crippen LogP) is 3.55. The van der Waals surface area contributed by atoms with Gasteiger partial charge in [0.2, 0.25) is 0 Å². The van der Waals surface area contributed by atoms with Crippen LogP contribution in [-0.2, 0) is 0 Å². The van der Waals surface area contributed by atoms with Crippen LogP contribution < -0.4 is 9.47 Å². The Hall–Kier alpha value is -2.19. The van der Waals surface area contributed by atoms with E-state index in [1.807, 2.05) is 30.0 Å². The molecule has 1 atom stereocenters. The number of hydrogen-bond donors (Lipinski definition) is 0. The highest BCUT2D eigenvalue weighted by molar-refractivity contribution is 8.00. The third kappa shape index (κ3) is 2.93. The van der Waals surface area contributed by atoms with Gasteiger partial charge in [0, 0.05) is 34.4 Å². The predicted molar refractivity (Wildman–Crippen MR) is 101 cm³/mol. The van der Waals surface area contributed by atoms with Gasteiger partial charge in [0.05, 0.1) is 6.04 Å². The summed E-state index contributed by atoms with van der Waals surface area (Å²) in [6.45, 7) is 1.23. The van der Waals surface area contributed by atoms with E-state index in [1.165, 1.54) is 4.90 Å². The molecule has 4 heterocycles. The summed E-state index contributed by atoms with van der Waals surface area (Å²) in [5, 5.41) is 9.73. The van der Waals surface area contributed by atoms with Crippen molar-refractivity contribution in [3.63, 3.8) is 0 Å². The lowest BCUT2D eigenvalue weighted by atomic mass is 10.2. The molecule has 0 saturated heterocycles. The van der Waals surface area contributed by atoms with Gasteiger partial charge in [-0.05, 0) is 30.3 Å². The van der Waals surface area contributed by atoms with Gasteiger partial charge in [-0.25, -0.2) is 0 Å². The number of hydrogen-bond acceptors (Lipinski definition) is 7. The molecule has 26 heavy (non-hydrogen) atoms. The lowest BCUT2D eigenvalue weighted by Crippen LogP contribution is -2.15. The fourth-order valence-corrected chi connectivity index (χ4v) is 5.31. The summed E-state index contributed by atoms with van der Waals surface area (Å²) in [5.41, 5.74) is 1.05. The lowest BCUT2D eigenvalue weighted by molar-refractivity contribution is 0.171. The number of ether oxygens (including phenoxy) is 2. The summed E-state index contributed by atoms with van der Waals surface area (Å²) in [7, 11) is 0. The Morgan fingerprint density at radius 1 is 1.08 bits per heavy atom. The maximum atomic E-state index is 5.68. The van der Waals surface area contributed by atoms with Crippen molar-refractivity contribution in [1.29, 1.82) is 0 Å².